The Balaban J connectivity index is 0.00000144. The Kier molecular flexibility index (Phi) is 5.70. The maximum absolute atomic E-state index is 12.0. The van der Waals surface area contributed by atoms with Gasteiger partial charge in [-0.1, -0.05) is 12.8 Å². The van der Waals surface area contributed by atoms with Crippen LogP contribution in [0.25, 0.3) is 0 Å². The second-order valence-electron chi connectivity index (χ2n) is 5.10. The molecule has 4 nitrogen and oxygen atoms in total. The number of halogens is 1. The molecule has 2 fully saturated rings. The Bertz CT molecular complexity index is 259. The van der Waals surface area contributed by atoms with Crippen LogP contribution in [0.3, 0.4) is 0 Å². The molecule has 2 aliphatic rings. The van der Waals surface area contributed by atoms with E-state index in [2.05, 4.69) is 17.6 Å². The highest BCUT2D eigenvalue weighted by Gasteiger charge is 2.30. The van der Waals surface area contributed by atoms with Gasteiger partial charge in [0.15, 0.2) is 0 Å². The Morgan fingerprint density at radius 2 is 2.24 bits per heavy atom. The van der Waals surface area contributed by atoms with Crippen molar-refractivity contribution in [3.63, 3.8) is 0 Å². The Hall–Kier alpha value is -0.320. The molecule has 1 aliphatic heterocycles. The molecule has 2 rings (SSSR count). The van der Waals surface area contributed by atoms with E-state index in [1.807, 2.05) is 6.92 Å². The highest BCUT2D eigenvalue weighted by atomic mass is 35.5. The molecule has 17 heavy (non-hydrogen) atoms. The van der Waals surface area contributed by atoms with Crippen LogP contribution in [-0.2, 0) is 9.53 Å². The molecule has 5 heteroatoms. The second-order valence-corrected chi connectivity index (χ2v) is 5.10. The van der Waals surface area contributed by atoms with Crippen molar-refractivity contribution in [1.82, 2.24) is 10.6 Å². The summed E-state index contributed by atoms with van der Waals surface area (Å²) >= 11 is 0. The maximum atomic E-state index is 12.0. The summed E-state index contributed by atoms with van der Waals surface area (Å²) in [5, 5.41) is 6.28. The van der Waals surface area contributed by atoms with Gasteiger partial charge in [0.1, 0.15) is 6.04 Å². The van der Waals surface area contributed by atoms with Gasteiger partial charge in [-0.3, -0.25) is 4.79 Å². The lowest BCUT2D eigenvalue weighted by Gasteiger charge is -2.30. The van der Waals surface area contributed by atoms with E-state index in [1.54, 1.807) is 0 Å². The first-order valence-electron chi connectivity index (χ1n) is 6.32. The van der Waals surface area contributed by atoms with Gasteiger partial charge < -0.3 is 15.4 Å². The van der Waals surface area contributed by atoms with Crippen LogP contribution in [0.1, 0.15) is 33.1 Å². The molecule has 1 unspecified atom stereocenters. The summed E-state index contributed by atoms with van der Waals surface area (Å²) in [5.74, 6) is 0.934. The van der Waals surface area contributed by atoms with Crippen LogP contribution in [0.2, 0.25) is 0 Å². The molecular formula is C12H23ClN2O2. The van der Waals surface area contributed by atoms with E-state index in [0.717, 1.165) is 18.9 Å². The number of carbonyl (C=O) groups excluding carboxylic acids is 1. The van der Waals surface area contributed by atoms with Gasteiger partial charge in [0.2, 0.25) is 5.91 Å². The highest BCUT2D eigenvalue weighted by molar-refractivity contribution is 5.85. The third-order valence-corrected chi connectivity index (χ3v) is 3.37. The number of carbonyl (C=O) groups is 1. The Morgan fingerprint density at radius 1 is 1.53 bits per heavy atom. The lowest BCUT2D eigenvalue weighted by Crippen LogP contribution is -2.56. The molecule has 100 valence electrons. The third kappa shape index (κ3) is 4.45. The van der Waals surface area contributed by atoms with Crippen molar-refractivity contribution in [3.8, 4) is 0 Å². The van der Waals surface area contributed by atoms with E-state index in [-0.39, 0.29) is 36.5 Å². The van der Waals surface area contributed by atoms with E-state index < -0.39 is 0 Å². The van der Waals surface area contributed by atoms with Crippen molar-refractivity contribution in [2.45, 2.75) is 51.3 Å². The summed E-state index contributed by atoms with van der Waals surface area (Å²) in [4.78, 5) is 12.0. The van der Waals surface area contributed by atoms with Gasteiger partial charge in [-0.05, 0) is 26.2 Å². The smallest absolute Gasteiger partial charge is 0.240 e. The molecule has 3 atom stereocenters. The second kappa shape index (κ2) is 6.57. The molecule has 1 amide bonds. The van der Waals surface area contributed by atoms with E-state index in [4.69, 9.17) is 4.74 Å². The minimum Gasteiger partial charge on any atom is -0.375 e. The fourth-order valence-corrected chi connectivity index (χ4v) is 2.27. The van der Waals surface area contributed by atoms with Gasteiger partial charge >= 0.3 is 0 Å². The molecule has 1 saturated heterocycles. The average molecular weight is 263 g/mol. The quantitative estimate of drug-likeness (QED) is 0.798. The predicted molar refractivity (Wildman–Crippen MR) is 69.4 cm³/mol. The SMILES string of the molecule is CC(CC1CC1)NC(=O)[C@H]1NCCO[C@@H]1C.Cl. The first-order chi connectivity index (χ1) is 7.66. The van der Waals surface area contributed by atoms with E-state index in [0.29, 0.717) is 6.61 Å². The van der Waals surface area contributed by atoms with Crippen LogP contribution in [0, 0.1) is 5.92 Å². The van der Waals surface area contributed by atoms with Gasteiger partial charge in [-0.25, -0.2) is 0 Å². The molecule has 0 aromatic heterocycles. The average Bonchev–Trinajstić information content (AvgIpc) is 3.01. The summed E-state index contributed by atoms with van der Waals surface area (Å²) in [6, 6.07) is 0.103. The summed E-state index contributed by atoms with van der Waals surface area (Å²) in [7, 11) is 0. The molecule has 0 radical (unpaired) electrons. The monoisotopic (exact) mass is 262 g/mol. The van der Waals surface area contributed by atoms with Crippen LogP contribution >= 0.6 is 12.4 Å². The number of rotatable bonds is 4. The normalized spacial score (nSPS) is 30.2. The molecular weight excluding hydrogens is 240 g/mol. The van der Waals surface area contributed by atoms with Crippen LogP contribution < -0.4 is 10.6 Å². The number of amides is 1. The summed E-state index contributed by atoms with van der Waals surface area (Å²) < 4.78 is 5.46. The Labute approximate surface area is 109 Å². The topological polar surface area (TPSA) is 50.4 Å². The fourth-order valence-electron chi connectivity index (χ4n) is 2.27. The number of nitrogens with one attached hydrogen (secondary N) is 2. The fraction of sp³-hybridized carbons (Fsp3) is 0.917. The maximum Gasteiger partial charge on any atom is 0.240 e. The van der Waals surface area contributed by atoms with Crippen LogP contribution in [0.4, 0.5) is 0 Å². The summed E-state index contributed by atoms with van der Waals surface area (Å²) in [6.07, 6.45) is 3.76. The zero-order valence-corrected chi connectivity index (χ0v) is 11.4. The van der Waals surface area contributed by atoms with Gasteiger partial charge in [-0.15, -0.1) is 12.4 Å². The van der Waals surface area contributed by atoms with Crippen molar-refractivity contribution < 1.29 is 9.53 Å². The third-order valence-electron chi connectivity index (χ3n) is 3.37. The molecule has 0 aromatic rings. The van der Waals surface area contributed by atoms with E-state index in [9.17, 15) is 4.79 Å². The van der Waals surface area contributed by atoms with Gasteiger partial charge in [0.05, 0.1) is 12.7 Å². The van der Waals surface area contributed by atoms with Crippen molar-refractivity contribution in [1.29, 1.82) is 0 Å². The van der Waals surface area contributed by atoms with Crippen molar-refractivity contribution in [2.75, 3.05) is 13.2 Å². The van der Waals surface area contributed by atoms with E-state index in [1.165, 1.54) is 12.8 Å². The minimum absolute atomic E-state index is 0. The van der Waals surface area contributed by atoms with Crippen molar-refractivity contribution in [2.24, 2.45) is 5.92 Å². The standard InChI is InChI=1S/C12H22N2O2.ClH/c1-8(7-10-3-4-10)14-12(15)11-9(2)16-6-5-13-11;/h8-11,13H,3-7H2,1-2H3,(H,14,15);1H/t8?,9-,11+;/m1./s1. The molecule has 2 N–H and O–H groups in total. The zero-order valence-electron chi connectivity index (χ0n) is 10.6. The summed E-state index contributed by atoms with van der Waals surface area (Å²) in [6.45, 7) is 5.49. The largest absolute Gasteiger partial charge is 0.375 e. The van der Waals surface area contributed by atoms with Crippen LogP contribution in [0.15, 0.2) is 0 Å². The molecule has 0 bridgehead atoms. The van der Waals surface area contributed by atoms with Crippen molar-refractivity contribution in [3.05, 3.63) is 0 Å². The zero-order chi connectivity index (χ0) is 11.5. The highest BCUT2D eigenvalue weighted by Crippen LogP contribution is 2.33. The van der Waals surface area contributed by atoms with Gasteiger partial charge in [0, 0.05) is 12.6 Å². The molecule has 0 spiro atoms. The summed E-state index contributed by atoms with van der Waals surface area (Å²) in [5.41, 5.74) is 0. The number of hydrogen-bond acceptors (Lipinski definition) is 3. The van der Waals surface area contributed by atoms with Gasteiger partial charge in [-0.2, -0.15) is 0 Å². The number of ether oxygens (including phenoxy) is 1. The van der Waals surface area contributed by atoms with Crippen LogP contribution in [0.5, 0.6) is 0 Å². The van der Waals surface area contributed by atoms with Gasteiger partial charge in [0.25, 0.3) is 0 Å². The van der Waals surface area contributed by atoms with Crippen molar-refractivity contribution >= 4 is 18.3 Å². The number of hydrogen-bond donors (Lipinski definition) is 2. The Morgan fingerprint density at radius 3 is 2.82 bits per heavy atom. The molecule has 0 aromatic carbocycles. The predicted octanol–water partition coefficient (Wildman–Crippen LogP) is 1.09. The first-order valence-corrected chi connectivity index (χ1v) is 6.32. The lowest BCUT2D eigenvalue weighted by molar-refractivity contribution is -0.129. The van der Waals surface area contributed by atoms with Crippen LogP contribution in [-0.4, -0.2) is 37.2 Å². The first kappa shape index (κ1) is 14.7. The molecule has 1 heterocycles. The lowest BCUT2D eigenvalue weighted by atomic mass is 10.1. The molecule has 1 aliphatic carbocycles. The molecule has 1 saturated carbocycles. The minimum atomic E-state index is -0.185. The number of morpholine rings is 1. The van der Waals surface area contributed by atoms with E-state index >= 15 is 0 Å².